The summed E-state index contributed by atoms with van der Waals surface area (Å²) in [5, 5.41) is 8.40. The predicted octanol–water partition coefficient (Wildman–Crippen LogP) is -6.16. The first-order valence-corrected chi connectivity index (χ1v) is 26.2. The van der Waals surface area contributed by atoms with E-state index in [1.807, 2.05) is 5.32 Å². The molecule has 2 aliphatic rings. The molecule has 63 heavy (non-hydrogen) atoms. The molecule has 0 aromatic heterocycles. The quantitative estimate of drug-likeness (QED) is 0.0338. The molecule has 0 aromatic carbocycles. The van der Waals surface area contributed by atoms with Crippen LogP contribution in [0, 0.1) is 11.8 Å². The fourth-order valence-corrected chi connectivity index (χ4v) is 9.02. The molecule has 368 valence electrons. The predicted molar refractivity (Wildman–Crippen MR) is 198 cm³/mol. The largest absolute Gasteiger partial charge is 0.726 e. The van der Waals surface area contributed by atoms with Crippen LogP contribution < -0.4 is 21.3 Å². The lowest BCUT2D eigenvalue weighted by Crippen LogP contribution is -2.63. The smallest absolute Gasteiger partial charge is 0.241 e. The van der Waals surface area contributed by atoms with Gasteiger partial charge in [-0.3, -0.25) is 31.7 Å². The van der Waals surface area contributed by atoms with Crippen LogP contribution in [0.5, 0.6) is 0 Å². The first kappa shape index (κ1) is 56.9. The first-order valence-electron chi connectivity index (χ1n) is 17.2. The van der Waals surface area contributed by atoms with Crippen LogP contribution in [-0.2, 0) is 106 Å². The van der Waals surface area contributed by atoms with E-state index in [0.29, 0.717) is 0 Å². The van der Waals surface area contributed by atoms with Crippen molar-refractivity contribution >= 4 is 99.1 Å². The van der Waals surface area contributed by atoms with Crippen LogP contribution in [0.4, 0.5) is 0 Å². The number of ether oxygens (including phenoxy) is 3. The van der Waals surface area contributed by atoms with Crippen molar-refractivity contribution in [3.63, 3.8) is 0 Å². The minimum atomic E-state index is -5.77. The Morgan fingerprint density at radius 2 is 1.00 bits per heavy atom. The summed E-state index contributed by atoms with van der Waals surface area (Å²) in [6.45, 7) is 1.01. The number of rotatable bonds is 27. The van der Waals surface area contributed by atoms with Gasteiger partial charge in [-0.1, -0.05) is 20.3 Å². The number of nitrogens with one attached hydrogen (secondary N) is 4. The van der Waals surface area contributed by atoms with E-state index in [2.05, 4.69) is 36.9 Å². The maximum atomic E-state index is 12.5. The van der Waals surface area contributed by atoms with Crippen LogP contribution in [0.2, 0.25) is 0 Å². The molecule has 2 heterocycles. The zero-order valence-corrected chi connectivity index (χ0v) is 37.9. The van der Waals surface area contributed by atoms with E-state index in [1.165, 1.54) is 6.92 Å². The molecule has 9 atom stereocenters. The monoisotopic (exact) mass is 1050 g/mol. The fraction of sp³-hybridized carbons (Fsp3) is 0.840. The molecule has 2 rings (SSSR count). The molecule has 2 fully saturated rings. The van der Waals surface area contributed by atoms with Crippen LogP contribution in [0.3, 0.4) is 0 Å². The van der Waals surface area contributed by atoms with E-state index >= 15 is 0 Å². The molecule has 0 aromatic rings. The molecule has 5 unspecified atom stereocenters. The summed E-state index contributed by atoms with van der Waals surface area (Å²) in [6, 6.07) is 0. The van der Waals surface area contributed by atoms with Crippen LogP contribution in [0.25, 0.3) is 0 Å². The summed E-state index contributed by atoms with van der Waals surface area (Å²) in [4.78, 5) is 49.4. The highest BCUT2D eigenvalue weighted by Gasteiger charge is 2.50. The molecule has 2 saturated heterocycles. The van der Waals surface area contributed by atoms with Gasteiger partial charge in [-0.15, -0.1) is 23.5 Å². The molecular weight excluding hydrogens is 1010 g/mol. The molecule has 0 spiro atoms. The number of hydrogen-bond donors (Lipinski definition) is 4. The average Bonchev–Trinajstić information content (AvgIpc) is 3.10. The number of carbonyl (C=O) groups is 4. The maximum Gasteiger partial charge on any atom is 0.241 e. The lowest BCUT2D eigenvalue weighted by Gasteiger charge is -2.44. The van der Waals surface area contributed by atoms with Crippen LogP contribution in [-0.4, -0.2) is 181 Å². The maximum absolute atomic E-state index is 12.5. The van der Waals surface area contributed by atoms with Crippen molar-refractivity contribution in [2.75, 3.05) is 49.3 Å². The molecule has 38 heteroatoms. The second-order valence-corrected chi connectivity index (χ2v) is 19.8. The Bertz CT molecular complexity index is 2130. The fourth-order valence-electron chi connectivity index (χ4n) is 5.28. The van der Waals surface area contributed by atoms with Gasteiger partial charge in [0.25, 0.3) is 0 Å². The summed E-state index contributed by atoms with van der Waals surface area (Å²) < 4.78 is 205. The zero-order chi connectivity index (χ0) is 48.0. The van der Waals surface area contributed by atoms with E-state index in [9.17, 15) is 84.0 Å². The normalized spacial score (nSPS) is 26.0. The molecule has 0 bridgehead atoms. The molecular formula is C25H39N4O27S7-5. The number of carbonyl (C=O) groups excluding carboxylic acids is 4. The SMILES string of the molecule is CCC1CC(OS(=O)(=O)[O-])O[C@H](NC(=O)CNC(=O)CSCCOCCSCC(=O)NCC(=O)N[C@@H]2OC(OS(=O)(=O)[O-])C(C)[C@H](OS(=O)(=O)[O-])C2OS(=O)(=O)[O-])[C@@H]1OS(=O)(=O)[O-]. The van der Waals surface area contributed by atoms with E-state index in [4.69, 9.17) is 14.2 Å². The van der Waals surface area contributed by atoms with E-state index in [-0.39, 0.29) is 49.1 Å². The first-order chi connectivity index (χ1) is 28.8. The molecule has 4 N–H and O–H groups in total. The van der Waals surface area contributed by atoms with Crippen LogP contribution >= 0.6 is 23.5 Å². The summed E-state index contributed by atoms with van der Waals surface area (Å²) in [6.07, 6.45) is -15.0. The third kappa shape index (κ3) is 24.2. The van der Waals surface area contributed by atoms with Crippen molar-refractivity contribution < 1.29 is 119 Å². The Balaban J connectivity index is 1.73. The molecule has 2 aliphatic heterocycles. The van der Waals surface area contributed by atoms with Crippen molar-refractivity contribution in [1.82, 2.24) is 21.3 Å². The Hall–Kier alpha value is -2.19. The zero-order valence-electron chi connectivity index (χ0n) is 32.1. The van der Waals surface area contributed by atoms with Crippen molar-refractivity contribution in [3.8, 4) is 0 Å². The topological polar surface area (TPSA) is 476 Å². The molecule has 31 nitrogen and oxygen atoms in total. The van der Waals surface area contributed by atoms with Gasteiger partial charge in [-0.25, -0.2) is 50.5 Å². The van der Waals surface area contributed by atoms with E-state index < -0.39 is 144 Å². The Morgan fingerprint density at radius 3 is 1.43 bits per heavy atom. The summed E-state index contributed by atoms with van der Waals surface area (Å²) in [5.41, 5.74) is 0. The minimum Gasteiger partial charge on any atom is -0.726 e. The van der Waals surface area contributed by atoms with Crippen LogP contribution in [0.15, 0.2) is 0 Å². The van der Waals surface area contributed by atoms with Gasteiger partial charge >= 0.3 is 0 Å². The van der Waals surface area contributed by atoms with Gasteiger partial charge in [0.2, 0.25) is 75.6 Å². The highest BCUT2D eigenvalue weighted by Crippen LogP contribution is 2.33. The van der Waals surface area contributed by atoms with Crippen molar-refractivity contribution in [3.05, 3.63) is 0 Å². The van der Waals surface area contributed by atoms with Gasteiger partial charge in [0.1, 0.15) is 18.3 Å². The summed E-state index contributed by atoms with van der Waals surface area (Å²) in [7, 11) is -27.8. The Morgan fingerprint density at radius 1 is 0.587 bits per heavy atom. The molecule has 0 radical (unpaired) electrons. The van der Waals surface area contributed by atoms with Crippen molar-refractivity contribution in [1.29, 1.82) is 0 Å². The Labute approximate surface area is 369 Å². The minimum absolute atomic E-state index is 0.0735. The van der Waals surface area contributed by atoms with E-state index in [1.54, 1.807) is 0 Å². The second kappa shape index (κ2) is 25.1. The average molecular weight is 1050 g/mol. The number of amides is 4. The lowest BCUT2D eigenvalue weighted by atomic mass is 9.92. The van der Waals surface area contributed by atoms with E-state index in [0.717, 1.165) is 30.4 Å². The Kier molecular flexibility index (Phi) is 22.7. The van der Waals surface area contributed by atoms with Crippen molar-refractivity contribution in [2.45, 2.75) is 70.0 Å². The van der Waals surface area contributed by atoms with Crippen molar-refractivity contribution in [2.24, 2.45) is 11.8 Å². The molecule has 4 amide bonds. The lowest BCUT2D eigenvalue weighted by molar-refractivity contribution is -0.246. The highest BCUT2D eigenvalue weighted by molar-refractivity contribution is 8.00. The summed E-state index contributed by atoms with van der Waals surface area (Å²) >= 11 is 2.10. The summed E-state index contributed by atoms with van der Waals surface area (Å²) in [5.74, 6) is -6.26. The van der Waals surface area contributed by atoms with Gasteiger partial charge in [0.15, 0.2) is 25.0 Å². The number of hydrogen-bond acceptors (Lipinski definition) is 29. The number of thioether (sulfide) groups is 2. The third-order valence-electron chi connectivity index (χ3n) is 7.77. The second-order valence-electron chi connectivity index (χ2n) is 12.5. The highest BCUT2D eigenvalue weighted by atomic mass is 32.3. The van der Waals surface area contributed by atoms with Gasteiger partial charge in [-0.05, 0) is 5.92 Å². The van der Waals surface area contributed by atoms with Gasteiger partial charge in [-0.2, -0.15) is 0 Å². The van der Waals surface area contributed by atoms with Gasteiger partial charge in [0, 0.05) is 23.8 Å². The van der Waals surface area contributed by atoms with Crippen LogP contribution in [0.1, 0.15) is 26.7 Å². The molecule has 0 aliphatic carbocycles. The standard InChI is InChI=1S/C25H44N4O27S7/c1-3-14-8-19(52-59(34,35)36)50-23(21(14)54-61(40,41)42)28-15(30)9-26-17(32)11-57-6-4-49-5-7-58-12-18(33)27-10-16(31)29-24-22(55-62(43,44)45)20(53-60(37,38)39)13(2)25(51-24)56-63(46,47)48/h13-14,19-25H,3-12H2,1-2H3,(H,26,32)(H,27,33)(H,28,30)(H,29,31)(H,34,35,36)(H,37,38,39)(H,40,41,42)(H,43,44,45)(H,46,47,48)/p-5/t13?,14?,19?,20-,21+,22?,23-,24+,25?/m0/s1. The third-order valence-corrected chi connectivity index (χ3v) is 11.9. The molecule has 0 saturated carbocycles. The van der Waals surface area contributed by atoms with Gasteiger partial charge in [0.05, 0.1) is 37.8 Å². The van der Waals surface area contributed by atoms with Gasteiger partial charge < -0.3 is 58.2 Å².